The topological polar surface area (TPSA) is 71.8 Å². The summed E-state index contributed by atoms with van der Waals surface area (Å²) in [6.07, 6.45) is 2.96. The first-order valence-corrected chi connectivity index (χ1v) is 3.59. The first kappa shape index (κ1) is 8.52. The van der Waals surface area contributed by atoms with Gasteiger partial charge in [0.1, 0.15) is 5.82 Å². The zero-order valence-electron chi connectivity index (χ0n) is 7.09. The van der Waals surface area contributed by atoms with Gasteiger partial charge in [-0.3, -0.25) is 9.89 Å². The van der Waals surface area contributed by atoms with E-state index >= 15 is 0 Å². The zero-order chi connectivity index (χ0) is 9.14. The largest absolute Gasteiger partial charge is 0.383 e. The van der Waals surface area contributed by atoms with Crippen LogP contribution in [0.3, 0.4) is 0 Å². The second-order valence-corrected chi connectivity index (χ2v) is 2.78. The quantitative estimate of drug-likeness (QED) is 0.510. The summed E-state index contributed by atoms with van der Waals surface area (Å²) in [6, 6.07) is 0. The fourth-order valence-electron chi connectivity index (χ4n) is 0.832. The summed E-state index contributed by atoms with van der Waals surface area (Å²) in [6.45, 7) is 3.71. The molecule has 0 aliphatic carbocycles. The van der Waals surface area contributed by atoms with E-state index in [2.05, 4.69) is 10.2 Å². The van der Waals surface area contributed by atoms with Crippen molar-refractivity contribution in [3.63, 3.8) is 0 Å². The van der Waals surface area contributed by atoms with E-state index in [0.29, 0.717) is 11.4 Å². The monoisotopic (exact) mass is 165 g/mol. The lowest BCUT2D eigenvalue weighted by Crippen LogP contribution is -1.98. The van der Waals surface area contributed by atoms with Crippen LogP contribution in [-0.4, -0.2) is 16.0 Å². The fraction of sp³-hybridized carbons (Fsp3) is 0.250. The van der Waals surface area contributed by atoms with Crippen molar-refractivity contribution >= 4 is 11.6 Å². The Morgan fingerprint density at radius 2 is 2.33 bits per heavy atom. The van der Waals surface area contributed by atoms with Crippen LogP contribution in [0.1, 0.15) is 24.2 Å². The summed E-state index contributed by atoms with van der Waals surface area (Å²) in [5.41, 5.74) is 6.82. The smallest absolute Gasteiger partial charge is 0.191 e. The third-order valence-corrected chi connectivity index (χ3v) is 1.35. The second kappa shape index (κ2) is 3.21. The number of nitrogens with two attached hydrogens (primary N) is 1. The van der Waals surface area contributed by atoms with Crippen LogP contribution in [0.25, 0.3) is 0 Å². The number of carbonyl (C=O) groups excluding carboxylic acids is 1. The highest BCUT2D eigenvalue weighted by Gasteiger charge is 2.07. The van der Waals surface area contributed by atoms with E-state index in [0.717, 1.165) is 5.57 Å². The molecule has 0 amide bonds. The van der Waals surface area contributed by atoms with Crippen LogP contribution in [0.5, 0.6) is 0 Å². The number of allylic oxidation sites excluding steroid dienone is 2. The van der Waals surface area contributed by atoms with Crippen molar-refractivity contribution in [3.8, 4) is 0 Å². The Bertz CT molecular complexity index is 321. The number of nitrogens with one attached hydrogen (secondary N) is 1. The number of carbonyl (C=O) groups is 1. The number of hydrogen-bond acceptors (Lipinski definition) is 3. The molecule has 64 valence electrons. The molecule has 0 aromatic carbocycles. The molecule has 1 aromatic heterocycles. The number of anilines is 1. The maximum absolute atomic E-state index is 11.3. The minimum atomic E-state index is -0.110. The maximum atomic E-state index is 11.3. The van der Waals surface area contributed by atoms with Crippen molar-refractivity contribution in [1.82, 2.24) is 10.2 Å². The Hall–Kier alpha value is -1.58. The average Bonchev–Trinajstić information content (AvgIpc) is 2.33. The minimum absolute atomic E-state index is 0.110. The summed E-state index contributed by atoms with van der Waals surface area (Å²) < 4.78 is 0. The molecule has 3 N–H and O–H groups in total. The predicted octanol–water partition coefficient (Wildman–Crippen LogP) is 1.14. The SMILES string of the molecule is CC(C)=CC(=O)c1cn[nH]c1N. The van der Waals surface area contributed by atoms with E-state index in [-0.39, 0.29) is 5.78 Å². The molecule has 0 spiro atoms. The van der Waals surface area contributed by atoms with Crippen molar-refractivity contribution in [2.75, 3.05) is 5.73 Å². The molecule has 1 aromatic rings. The van der Waals surface area contributed by atoms with Crippen molar-refractivity contribution in [2.45, 2.75) is 13.8 Å². The van der Waals surface area contributed by atoms with Gasteiger partial charge < -0.3 is 5.73 Å². The Morgan fingerprint density at radius 1 is 1.67 bits per heavy atom. The molecule has 4 nitrogen and oxygen atoms in total. The highest BCUT2D eigenvalue weighted by molar-refractivity contribution is 6.07. The zero-order valence-corrected chi connectivity index (χ0v) is 7.09. The van der Waals surface area contributed by atoms with Crippen LogP contribution in [0.4, 0.5) is 5.82 Å². The van der Waals surface area contributed by atoms with E-state index in [4.69, 9.17) is 5.73 Å². The van der Waals surface area contributed by atoms with Crippen molar-refractivity contribution in [2.24, 2.45) is 0 Å². The number of H-pyrrole nitrogens is 1. The summed E-state index contributed by atoms with van der Waals surface area (Å²) in [7, 11) is 0. The van der Waals surface area contributed by atoms with Gasteiger partial charge in [0.2, 0.25) is 0 Å². The van der Waals surface area contributed by atoms with Gasteiger partial charge in [0.05, 0.1) is 11.8 Å². The molecule has 1 heterocycles. The molecule has 4 heteroatoms. The highest BCUT2D eigenvalue weighted by Crippen LogP contribution is 2.08. The Morgan fingerprint density at radius 3 is 2.75 bits per heavy atom. The molecule has 0 atom stereocenters. The molecule has 0 saturated heterocycles. The van der Waals surface area contributed by atoms with Crippen LogP contribution in [0, 0.1) is 0 Å². The lowest BCUT2D eigenvalue weighted by atomic mass is 10.1. The first-order chi connectivity index (χ1) is 5.61. The number of rotatable bonds is 2. The van der Waals surface area contributed by atoms with Gasteiger partial charge in [-0.15, -0.1) is 0 Å². The summed E-state index contributed by atoms with van der Waals surface area (Å²) >= 11 is 0. The molecular weight excluding hydrogens is 154 g/mol. The number of nitrogens with zero attached hydrogens (tertiary/aromatic N) is 1. The number of aromatic amines is 1. The van der Waals surface area contributed by atoms with Crippen LogP contribution < -0.4 is 5.73 Å². The van der Waals surface area contributed by atoms with Crippen LogP contribution >= 0.6 is 0 Å². The average molecular weight is 165 g/mol. The van der Waals surface area contributed by atoms with Gasteiger partial charge in [0, 0.05) is 0 Å². The normalized spacial score (nSPS) is 9.50. The Labute approximate surface area is 70.5 Å². The number of nitrogen functional groups attached to an aromatic ring is 1. The third-order valence-electron chi connectivity index (χ3n) is 1.35. The molecule has 0 fully saturated rings. The molecule has 1 rings (SSSR count). The lowest BCUT2D eigenvalue weighted by Gasteiger charge is -1.92. The predicted molar refractivity (Wildman–Crippen MR) is 46.8 cm³/mol. The van der Waals surface area contributed by atoms with E-state index in [9.17, 15) is 4.79 Å². The number of ketones is 1. The summed E-state index contributed by atoms with van der Waals surface area (Å²) in [5.74, 6) is 0.207. The molecular formula is C8H11N3O. The van der Waals surface area contributed by atoms with Crippen molar-refractivity contribution < 1.29 is 4.79 Å². The minimum Gasteiger partial charge on any atom is -0.383 e. The van der Waals surface area contributed by atoms with E-state index in [1.807, 2.05) is 13.8 Å². The first-order valence-electron chi connectivity index (χ1n) is 3.59. The van der Waals surface area contributed by atoms with Crippen LogP contribution in [0.15, 0.2) is 17.8 Å². The maximum Gasteiger partial charge on any atom is 0.191 e. The van der Waals surface area contributed by atoms with Gasteiger partial charge in [0.25, 0.3) is 0 Å². The summed E-state index contributed by atoms with van der Waals surface area (Å²) in [5, 5.41) is 6.15. The second-order valence-electron chi connectivity index (χ2n) is 2.78. The highest BCUT2D eigenvalue weighted by atomic mass is 16.1. The van der Waals surface area contributed by atoms with E-state index in [1.165, 1.54) is 12.3 Å². The molecule has 0 saturated carbocycles. The molecule has 0 radical (unpaired) electrons. The lowest BCUT2D eigenvalue weighted by molar-refractivity contribution is 0.104. The van der Waals surface area contributed by atoms with Gasteiger partial charge in [0.15, 0.2) is 5.78 Å². The molecule has 0 aliphatic heterocycles. The fourth-order valence-corrected chi connectivity index (χ4v) is 0.832. The third kappa shape index (κ3) is 1.72. The van der Waals surface area contributed by atoms with Gasteiger partial charge in [-0.25, -0.2) is 0 Å². The van der Waals surface area contributed by atoms with Gasteiger partial charge in [-0.05, 0) is 19.9 Å². The molecule has 0 aliphatic rings. The van der Waals surface area contributed by atoms with Gasteiger partial charge in [-0.2, -0.15) is 5.10 Å². The van der Waals surface area contributed by atoms with Gasteiger partial charge >= 0.3 is 0 Å². The molecule has 0 unspecified atom stereocenters. The van der Waals surface area contributed by atoms with Crippen molar-refractivity contribution in [3.05, 3.63) is 23.4 Å². The Balaban J connectivity index is 2.93. The van der Waals surface area contributed by atoms with Crippen LogP contribution in [0.2, 0.25) is 0 Å². The van der Waals surface area contributed by atoms with Crippen molar-refractivity contribution in [1.29, 1.82) is 0 Å². The van der Waals surface area contributed by atoms with Crippen LogP contribution in [-0.2, 0) is 0 Å². The molecule has 12 heavy (non-hydrogen) atoms. The Kier molecular flexibility index (Phi) is 2.28. The molecule has 0 bridgehead atoms. The van der Waals surface area contributed by atoms with E-state index in [1.54, 1.807) is 0 Å². The van der Waals surface area contributed by atoms with Gasteiger partial charge in [-0.1, -0.05) is 5.57 Å². The summed E-state index contributed by atoms with van der Waals surface area (Å²) in [4.78, 5) is 11.3. The standard InChI is InChI=1S/C8H11N3O/c1-5(2)3-7(12)6-4-10-11-8(6)9/h3-4H,1-2H3,(H3,9,10,11). The number of aromatic nitrogens is 2. The van der Waals surface area contributed by atoms with E-state index < -0.39 is 0 Å². The number of hydrogen-bond donors (Lipinski definition) is 2.